The summed E-state index contributed by atoms with van der Waals surface area (Å²) in [6.07, 6.45) is -6.19. The number of hydrogen-bond donors (Lipinski definition) is 2. The van der Waals surface area contributed by atoms with Crippen molar-refractivity contribution in [2.24, 2.45) is 17.4 Å². The minimum absolute atomic E-state index is 0.381. The number of primary amides is 2. The number of benzene rings is 1. The number of carbonyl (C=O) groups is 2. The maximum Gasteiger partial charge on any atom is 0.389 e. The van der Waals surface area contributed by atoms with Crippen molar-refractivity contribution < 1.29 is 22.8 Å². The normalized spacial score (nSPS) is 14.6. The molecule has 0 radical (unpaired) electrons. The van der Waals surface area contributed by atoms with Crippen LogP contribution in [0.5, 0.6) is 0 Å². The molecule has 7 heteroatoms. The minimum atomic E-state index is -4.42. The maximum absolute atomic E-state index is 12.3. The summed E-state index contributed by atoms with van der Waals surface area (Å²) in [6.45, 7) is 0. The van der Waals surface area contributed by atoms with Gasteiger partial charge in [-0.3, -0.25) is 9.59 Å². The van der Waals surface area contributed by atoms with Gasteiger partial charge in [0.2, 0.25) is 11.8 Å². The summed E-state index contributed by atoms with van der Waals surface area (Å²) in [5.41, 5.74) is 10.7. The van der Waals surface area contributed by atoms with Crippen molar-refractivity contribution in [2.75, 3.05) is 0 Å². The summed E-state index contributed by atoms with van der Waals surface area (Å²) in [5, 5.41) is 0. The topological polar surface area (TPSA) is 86.2 Å². The van der Waals surface area contributed by atoms with E-state index in [0.717, 1.165) is 0 Å². The monoisotopic (exact) mass is 288 g/mol. The smallest absolute Gasteiger partial charge is 0.369 e. The van der Waals surface area contributed by atoms with E-state index in [1.807, 2.05) is 0 Å². The fourth-order valence-corrected chi connectivity index (χ4v) is 2.05. The van der Waals surface area contributed by atoms with Crippen molar-refractivity contribution in [3.63, 3.8) is 0 Å². The van der Waals surface area contributed by atoms with E-state index in [0.29, 0.717) is 5.56 Å². The zero-order chi connectivity index (χ0) is 15.3. The predicted octanol–water partition coefficient (Wildman–Crippen LogP) is 1.70. The van der Waals surface area contributed by atoms with Gasteiger partial charge in [-0.1, -0.05) is 30.3 Å². The largest absolute Gasteiger partial charge is 0.389 e. The first-order valence-electron chi connectivity index (χ1n) is 5.92. The summed E-state index contributed by atoms with van der Waals surface area (Å²) in [6, 6.07) is 7.94. The van der Waals surface area contributed by atoms with Gasteiger partial charge in [0.25, 0.3) is 0 Å². The lowest BCUT2D eigenvalue weighted by atomic mass is 9.82. The summed E-state index contributed by atoms with van der Waals surface area (Å²) in [5.74, 6) is -4.28. The van der Waals surface area contributed by atoms with E-state index < -0.39 is 42.7 Å². The molecule has 110 valence electrons. The molecule has 0 saturated heterocycles. The summed E-state index contributed by atoms with van der Waals surface area (Å²) in [4.78, 5) is 22.9. The van der Waals surface area contributed by atoms with Gasteiger partial charge in [-0.25, -0.2) is 0 Å². The van der Waals surface area contributed by atoms with Crippen molar-refractivity contribution in [1.82, 2.24) is 0 Å². The molecule has 4 N–H and O–H groups in total. The van der Waals surface area contributed by atoms with Crippen LogP contribution in [0.1, 0.15) is 24.3 Å². The minimum Gasteiger partial charge on any atom is -0.369 e. The number of alkyl halides is 3. The Bertz CT molecular complexity index is 474. The SMILES string of the molecule is NC(=O)C(CCC(F)(F)F)C(C(N)=O)c1ccccc1. The van der Waals surface area contributed by atoms with E-state index in [-0.39, 0.29) is 0 Å². The van der Waals surface area contributed by atoms with Gasteiger partial charge < -0.3 is 11.5 Å². The van der Waals surface area contributed by atoms with Crippen molar-refractivity contribution in [3.05, 3.63) is 35.9 Å². The number of carbonyl (C=O) groups excluding carboxylic acids is 2. The average Bonchev–Trinajstić information content (AvgIpc) is 2.33. The highest BCUT2D eigenvalue weighted by Gasteiger charge is 2.36. The third kappa shape index (κ3) is 4.56. The molecule has 0 spiro atoms. The van der Waals surface area contributed by atoms with Gasteiger partial charge in [0.15, 0.2) is 0 Å². The van der Waals surface area contributed by atoms with Crippen LogP contribution >= 0.6 is 0 Å². The Hall–Kier alpha value is -2.05. The molecule has 4 nitrogen and oxygen atoms in total. The number of amides is 2. The Kier molecular flexibility index (Phi) is 5.12. The van der Waals surface area contributed by atoms with E-state index >= 15 is 0 Å². The fraction of sp³-hybridized carbons (Fsp3) is 0.385. The van der Waals surface area contributed by atoms with Crippen molar-refractivity contribution in [3.8, 4) is 0 Å². The highest BCUT2D eigenvalue weighted by Crippen LogP contribution is 2.32. The molecule has 0 aromatic heterocycles. The van der Waals surface area contributed by atoms with Gasteiger partial charge in [-0.2, -0.15) is 13.2 Å². The Morgan fingerprint density at radius 2 is 1.60 bits per heavy atom. The molecule has 0 fully saturated rings. The van der Waals surface area contributed by atoms with Gasteiger partial charge in [0.05, 0.1) is 11.8 Å². The lowest BCUT2D eigenvalue weighted by Gasteiger charge is -2.23. The number of hydrogen-bond acceptors (Lipinski definition) is 2. The summed E-state index contributed by atoms with van der Waals surface area (Å²) < 4.78 is 36.8. The third-order valence-electron chi connectivity index (χ3n) is 2.97. The molecule has 2 amide bonds. The van der Waals surface area contributed by atoms with Crippen molar-refractivity contribution in [2.45, 2.75) is 24.9 Å². The molecule has 0 aliphatic carbocycles. The Morgan fingerprint density at radius 1 is 1.05 bits per heavy atom. The summed E-state index contributed by atoms with van der Waals surface area (Å²) >= 11 is 0. The second-order valence-electron chi connectivity index (χ2n) is 4.45. The van der Waals surface area contributed by atoms with Crippen LogP contribution in [0.3, 0.4) is 0 Å². The Labute approximate surface area is 113 Å². The zero-order valence-electron chi connectivity index (χ0n) is 10.6. The van der Waals surface area contributed by atoms with E-state index in [1.54, 1.807) is 18.2 Å². The number of nitrogens with two attached hydrogens (primary N) is 2. The van der Waals surface area contributed by atoms with E-state index in [1.165, 1.54) is 12.1 Å². The lowest BCUT2D eigenvalue weighted by molar-refractivity contribution is -0.143. The van der Waals surface area contributed by atoms with E-state index in [9.17, 15) is 22.8 Å². The number of rotatable bonds is 6. The molecule has 1 aromatic rings. The van der Waals surface area contributed by atoms with Crippen molar-refractivity contribution >= 4 is 11.8 Å². The van der Waals surface area contributed by atoms with Crippen LogP contribution in [0.4, 0.5) is 13.2 Å². The molecule has 0 heterocycles. The molecule has 0 bridgehead atoms. The first-order chi connectivity index (χ1) is 9.22. The van der Waals surface area contributed by atoms with Crippen molar-refractivity contribution in [1.29, 1.82) is 0 Å². The second kappa shape index (κ2) is 6.40. The first kappa shape index (κ1) is 16.0. The van der Waals surface area contributed by atoms with Crippen LogP contribution in [0, 0.1) is 5.92 Å². The van der Waals surface area contributed by atoms with Gasteiger partial charge in [0.1, 0.15) is 0 Å². The Balaban J connectivity index is 3.02. The standard InChI is InChI=1S/C13H15F3N2O2/c14-13(15,16)7-6-9(11(17)19)10(12(18)20)8-4-2-1-3-5-8/h1-5,9-10H,6-7H2,(H2,17,19)(H2,18,20). The zero-order valence-corrected chi connectivity index (χ0v) is 10.6. The first-order valence-corrected chi connectivity index (χ1v) is 5.92. The molecule has 0 aliphatic rings. The van der Waals surface area contributed by atoms with Crippen LogP contribution in [-0.4, -0.2) is 18.0 Å². The fourth-order valence-electron chi connectivity index (χ4n) is 2.05. The molecule has 1 aromatic carbocycles. The van der Waals surface area contributed by atoms with E-state index in [2.05, 4.69) is 0 Å². The van der Waals surface area contributed by atoms with Gasteiger partial charge in [0, 0.05) is 6.42 Å². The van der Waals surface area contributed by atoms with Gasteiger partial charge >= 0.3 is 6.18 Å². The molecule has 2 unspecified atom stereocenters. The number of halogens is 3. The van der Waals surface area contributed by atoms with Crippen LogP contribution < -0.4 is 11.5 Å². The highest BCUT2D eigenvalue weighted by atomic mass is 19.4. The van der Waals surface area contributed by atoms with Gasteiger partial charge in [-0.15, -0.1) is 0 Å². The van der Waals surface area contributed by atoms with Crippen LogP contribution in [0.15, 0.2) is 30.3 Å². The van der Waals surface area contributed by atoms with Crippen LogP contribution in [-0.2, 0) is 9.59 Å². The third-order valence-corrected chi connectivity index (χ3v) is 2.97. The lowest BCUT2D eigenvalue weighted by Crippen LogP contribution is -2.36. The molecular weight excluding hydrogens is 273 g/mol. The van der Waals surface area contributed by atoms with Gasteiger partial charge in [-0.05, 0) is 12.0 Å². The van der Waals surface area contributed by atoms with E-state index in [4.69, 9.17) is 11.5 Å². The van der Waals surface area contributed by atoms with Crippen LogP contribution in [0.25, 0.3) is 0 Å². The van der Waals surface area contributed by atoms with Crippen LogP contribution in [0.2, 0.25) is 0 Å². The summed E-state index contributed by atoms with van der Waals surface area (Å²) in [7, 11) is 0. The molecule has 1 rings (SSSR count). The quantitative estimate of drug-likeness (QED) is 0.834. The Morgan fingerprint density at radius 3 is 2.00 bits per heavy atom. The second-order valence-corrected chi connectivity index (χ2v) is 4.45. The molecule has 2 atom stereocenters. The maximum atomic E-state index is 12.3. The molecular formula is C13H15F3N2O2. The molecule has 20 heavy (non-hydrogen) atoms. The predicted molar refractivity (Wildman–Crippen MR) is 66.4 cm³/mol. The molecule has 0 saturated carbocycles. The highest BCUT2D eigenvalue weighted by molar-refractivity contribution is 5.89. The average molecular weight is 288 g/mol. The molecule has 0 aliphatic heterocycles.